The van der Waals surface area contributed by atoms with Crippen molar-refractivity contribution in [2.24, 2.45) is 0 Å². The minimum absolute atomic E-state index is 0.378. The lowest BCUT2D eigenvalue weighted by molar-refractivity contribution is -0.436. The van der Waals surface area contributed by atoms with E-state index in [0.29, 0.717) is 6.08 Å². The number of allylic oxidation sites excluding steroid dienone is 5. The Morgan fingerprint density at radius 2 is 0.571 bits per heavy atom. The molecule has 0 bridgehead atoms. The van der Waals surface area contributed by atoms with Crippen molar-refractivity contribution < 1.29 is 114 Å². The fraction of sp³-hybridized carbons (Fsp3) is 0.625. The Kier molecular flexibility index (Phi) is 12.7. The van der Waals surface area contributed by atoms with Gasteiger partial charge in [0.2, 0.25) is 0 Å². The van der Waals surface area contributed by atoms with Crippen molar-refractivity contribution in [3.05, 3.63) is 68.4 Å². The molecule has 1 heterocycles. The van der Waals surface area contributed by atoms with Gasteiger partial charge in [0.25, 0.3) is 0 Å². The molecule has 0 N–H and O–H groups in total. The van der Waals surface area contributed by atoms with Crippen LogP contribution in [0.4, 0.5) is 114 Å². The standard InChI is InChI=1S/C24H13F26N3O3/c1-2-7-51-10(54)52(8-3-5-13(25,26)15(29,30)17(33,34)19(37,38)21(41,42)23(45,46)47)12(56)53(11(51)55)9-4-6-14(27,28)16(31,32)18(35,36)20(39,40)22(43,44)24(48,49)50/h2-6H,1,7-9H2/b5-3+,6-4+. The molecule has 0 saturated heterocycles. The van der Waals surface area contributed by atoms with Gasteiger partial charge in [-0.15, -0.1) is 6.58 Å². The Labute approximate surface area is 288 Å². The van der Waals surface area contributed by atoms with E-state index in [1.807, 2.05) is 0 Å². The molecule has 0 fully saturated rings. The maximum absolute atomic E-state index is 14.1. The van der Waals surface area contributed by atoms with Crippen molar-refractivity contribution in [1.29, 1.82) is 0 Å². The monoisotopic (exact) mass is 885 g/mol. The van der Waals surface area contributed by atoms with E-state index in [0.717, 1.165) is 0 Å². The summed E-state index contributed by atoms with van der Waals surface area (Å²) in [5, 5.41) is 0. The molecule has 324 valence electrons. The van der Waals surface area contributed by atoms with Crippen molar-refractivity contribution >= 4 is 0 Å². The van der Waals surface area contributed by atoms with Crippen LogP contribution in [-0.2, 0) is 19.6 Å². The lowest BCUT2D eigenvalue weighted by Crippen LogP contribution is -2.69. The second-order valence-electron chi connectivity index (χ2n) is 10.6. The first kappa shape index (κ1) is 49.8. The van der Waals surface area contributed by atoms with E-state index >= 15 is 0 Å². The van der Waals surface area contributed by atoms with Gasteiger partial charge in [0.15, 0.2) is 0 Å². The Morgan fingerprint density at radius 3 is 0.786 bits per heavy atom. The summed E-state index contributed by atoms with van der Waals surface area (Å²) in [6.45, 7) is -2.56. The van der Waals surface area contributed by atoms with E-state index in [9.17, 15) is 129 Å². The average molecular weight is 885 g/mol. The van der Waals surface area contributed by atoms with Crippen molar-refractivity contribution in [3.8, 4) is 0 Å². The maximum Gasteiger partial charge on any atom is 0.460 e. The molecule has 0 aromatic carbocycles. The van der Waals surface area contributed by atoms with Crippen molar-refractivity contribution in [1.82, 2.24) is 13.7 Å². The summed E-state index contributed by atoms with van der Waals surface area (Å²) < 4.78 is 344. The van der Waals surface area contributed by atoms with Crippen LogP contribution in [-0.4, -0.2) is 85.3 Å². The molecule has 1 rings (SSSR count). The fourth-order valence-corrected chi connectivity index (χ4v) is 3.67. The number of nitrogens with zero attached hydrogens (tertiary/aromatic N) is 3. The second kappa shape index (κ2) is 14.3. The third kappa shape index (κ3) is 7.38. The number of alkyl halides is 26. The van der Waals surface area contributed by atoms with E-state index in [4.69, 9.17) is 0 Å². The van der Waals surface area contributed by atoms with Crippen molar-refractivity contribution in [3.63, 3.8) is 0 Å². The van der Waals surface area contributed by atoms with Gasteiger partial charge in [-0.05, 0) is 12.2 Å². The number of aromatic nitrogens is 3. The quantitative estimate of drug-likeness (QED) is 0.125. The minimum Gasteiger partial charge on any atom is -0.247 e. The summed E-state index contributed by atoms with van der Waals surface area (Å²) in [6.07, 6.45) is -20.1. The zero-order chi connectivity index (χ0) is 45.1. The SMILES string of the molecule is C=CCn1c(=O)n(C/C=C/C(F)(F)C(F)(F)C(F)(F)C(F)(F)C(F)(F)C(F)(F)F)c(=O)n(C/C=C/C(F)(F)C(F)(F)C(F)(F)C(F)(F)C(F)(F)C(F)(F)F)c1=O. The lowest BCUT2D eigenvalue weighted by atomic mass is 9.94. The van der Waals surface area contributed by atoms with E-state index < -0.39 is 142 Å². The summed E-state index contributed by atoms with van der Waals surface area (Å²) in [6, 6.07) is 0. The molecule has 0 radical (unpaired) electrons. The number of hydrogen-bond acceptors (Lipinski definition) is 3. The Balaban J connectivity index is 3.76. The molecule has 0 aliphatic rings. The zero-order valence-electron chi connectivity index (χ0n) is 25.6. The molecule has 1 aromatic heterocycles. The van der Waals surface area contributed by atoms with Crippen LogP contribution in [0.3, 0.4) is 0 Å². The van der Waals surface area contributed by atoms with Crippen LogP contribution in [0, 0.1) is 0 Å². The van der Waals surface area contributed by atoms with E-state index in [2.05, 4.69) is 6.58 Å². The highest BCUT2D eigenvalue weighted by molar-refractivity contribution is 5.16. The molecule has 6 nitrogen and oxygen atoms in total. The summed E-state index contributed by atoms with van der Waals surface area (Å²) in [5.41, 5.74) is -6.78. The third-order valence-corrected chi connectivity index (χ3v) is 6.84. The van der Waals surface area contributed by atoms with Crippen LogP contribution in [0.2, 0.25) is 0 Å². The number of hydrogen-bond donors (Lipinski definition) is 0. The maximum atomic E-state index is 14.1. The largest absolute Gasteiger partial charge is 0.460 e. The van der Waals surface area contributed by atoms with Gasteiger partial charge in [0.05, 0.1) is 19.6 Å². The second-order valence-corrected chi connectivity index (χ2v) is 10.6. The first-order chi connectivity index (χ1) is 24.4. The summed E-state index contributed by atoms with van der Waals surface area (Å²) in [5.74, 6) is -79.3. The Hall–Kier alpha value is -4.19. The van der Waals surface area contributed by atoms with E-state index in [1.54, 1.807) is 0 Å². The van der Waals surface area contributed by atoms with Crippen molar-refractivity contribution in [2.45, 2.75) is 91.2 Å². The van der Waals surface area contributed by atoms with Crippen molar-refractivity contribution in [2.75, 3.05) is 0 Å². The molecule has 0 spiro atoms. The van der Waals surface area contributed by atoms with Crippen LogP contribution in [0.25, 0.3) is 0 Å². The van der Waals surface area contributed by atoms with Crippen LogP contribution in [0.1, 0.15) is 0 Å². The average Bonchev–Trinajstić information content (AvgIpc) is 3.00. The molecule has 0 atom stereocenters. The van der Waals surface area contributed by atoms with Gasteiger partial charge < -0.3 is 0 Å². The summed E-state index contributed by atoms with van der Waals surface area (Å²) in [4.78, 5) is 37.5. The number of rotatable bonds is 16. The van der Waals surface area contributed by atoms with Gasteiger partial charge in [0, 0.05) is 0 Å². The predicted octanol–water partition coefficient (Wildman–Crippen LogP) is 7.95. The third-order valence-electron chi connectivity index (χ3n) is 6.84. The molecule has 56 heavy (non-hydrogen) atoms. The lowest BCUT2D eigenvalue weighted by Gasteiger charge is -2.39. The molecule has 0 amide bonds. The van der Waals surface area contributed by atoms with Gasteiger partial charge >= 0.3 is 88.6 Å². The highest BCUT2D eigenvalue weighted by atomic mass is 19.4. The van der Waals surface area contributed by atoms with Gasteiger partial charge in [0.1, 0.15) is 0 Å². The number of halogens is 26. The molecule has 0 unspecified atom stereocenters. The predicted molar refractivity (Wildman–Crippen MR) is 129 cm³/mol. The molecule has 0 aliphatic carbocycles. The van der Waals surface area contributed by atoms with Gasteiger partial charge in [-0.25, -0.2) is 28.1 Å². The normalized spacial score (nSPS) is 15.7. The van der Waals surface area contributed by atoms with E-state index in [1.165, 1.54) is 0 Å². The Morgan fingerprint density at radius 1 is 0.357 bits per heavy atom. The Bertz CT molecular complexity index is 1730. The van der Waals surface area contributed by atoms with Gasteiger partial charge in [-0.1, -0.05) is 18.2 Å². The van der Waals surface area contributed by atoms with Gasteiger partial charge in [-0.3, -0.25) is 0 Å². The van der Waals surface area contributed by atoms with E-state index in [-0.39, 0.29) is 4.57 Å². The minimum atomic E-state index is -8.34. The topological polar surface area (TPSA) is 66.0 Å². The molecule has 0 aliphatic heterocycles. The van der Waals surface area contributed by atoms with Crippen LogP contribution >= 0.6 is 0 Å². The fourth-order valence-electron chi connectivity index (χ4n) is 3.67. The molecular formula is C24H13F26N3O3. The van der Waals surface area contributed by atoms with Crippen LogP contribution in [0.5, 0.6) is 0 Å². The molecule has 0 saturated carbocycles. The van der Waals surface area contributed by atoms with Gasteiger partial charge in [-0.2, -0.15) is 114 Å². The van der Waals surface area contributed by atoms with Crippen LogP contribution in [0.15, 0.2) is 51.3 Å². The molecule has 32 heteroatoms. The summed E-state index contributed by atoms with van der Waals surface area (Å²) in [7, 11) is 0. The molecular weight excluding hydrogens is 872 g/mol. The highest BCUT2D eigenvalue weighted by Gasteiger charge is 2.91. The van der Waals surface area contributed by atoms with Crippen LogP contribution < -0.4 is 17.1 Å². The summed E-state index contributed by atoms with van der Waals surface area (Å²) >= 11 is 0. The zero-order valence-corrected chi connectivity index (χ0v) is 25.6. The highest BCUT2D eigenvalue weighted by Crippen LogP contribution is 2.62. The first-order valence-electron chi connectivity index (χ1n) is 13.2. The smallest absolute Gasteiger partial charge is 0.247 e. The first-order valence-corrected chi connectivity index (χ1v) is 13.2. The molecule has 1 aromatic rings.